The Kier molecular flexibility index (Phi) is 5.35. The highest BCUT2D eigenvalue weighted by Crippen LogP contribution is 2.12. The summed E-state index contributed by atoms with van der Waals surface area (Å²) in [6, 6.07) is 8.48. The number of aromatic nitrogens is 1. The van der Waals surface area contributed by atoms with E-state index < -0.39 is 11.7 Å². The highest BCUT2D eigenvalue weighted by molar-refractivity contribution is 6.04. The summed E-state index contributed by atoms with van der Waals surface area (Å²) in [4.78, 5) is 28.4. The summed E-state index contributed by atoms with van der Waals surface area (Å²) in [6.07, 6.45) is 3.36. The number of carbonyl (C=O) groups is 2. The van der Waals surface area contributed by atoms with Gasteiger partial charge in [0, 0.05) is 30.6 Å². The maximum Gasteiger partial charge on any atom is 0.274 e. The summed E-state index contributed by atoms with van der Waals surface area (Å²) in [6.45, 7) is 1.16. The average Bonchev–Trinajstić information content (AvgIpc) is 3.13. The number of rotatable bonds is 5. The summed E-state index contributed by atoms with van der Waals surface area (Å²) in [5.41, 5.74) is 0.728. The minimum Gasteiger partial charge on any atom is -0.376 e. The zero-order valence-electron chi connectivity index (χ0n) is 13.5. The zero-order valence-corrected chi connectivity index (χ0v) is 13.5. The molecule has 2 aromatic rings. The van der Waals surface area contributed by atoms with Crippen LogP contribution in [0.4, 0.5) is 10.1 Å². The number of anilines is 1. The van der Waals surface area contributed by atoms with Crippen molar-refractivity contribution in [3.8, 4) is 0 Å². The van der Waals surface area contributed by atoms with Crippen LogP contribution in [0.5, 0.6) is 0 Å². The molecule has 0 bridgehead atoms. The Morgan fingerprint density at radius 1 is 1.24 bits per heavy atom. The fraction of sp³-hybridized carbons (Fsp3) is 0.278. The van der Waals surface area contributed by atoms with E-state index in [1.165, 1.54) is 36.5 Å². The second kappa shape index (κ2) is 7.85. The number of hydrogen-bond acceptors (Lipinski definition) is 4. The molecule has 1 aliphatic rings. The Hall–Kier alpha value is -2.80. The third-order valence-corrected chi connectivity index (χ3v) is 3.85. The number of amides is 2. The van der Waals surface area contributed by atoms with Gasteiger partial charge in [-0.25, -0.2) is 4.39 Å². The van der Waals surface area contributed by atoms with E-state index in [-0.39, 0.29) is 17.7 Å². The van der Waals surface area contributed by atoms with Crippen LogP contribution in [0.15, 0.2) is 42.6 Å². The molecule has 6 nitrogen and oxygen atoms in total. The third-order valence-electron chi connectivity index (χ3n) is 3.85. The molecule has 1 unspecified atom stereocenters. The normalized spacial score (nSPS) is 16.4. The average molecular weight is 343 g/mol. The van der Waals surface area contributed by atoms with Gasteiger partial charge in [0.05, 0.1) is 6.10 Å². The molecule has 3 rings (SSSR count). The lowest BCUT2D eigenvalue weighted by molar-refractivity contribution is 0.0857. The molecule has 1 aliphatic heterocycles. The smallest absolute Gasteiger partial charge is 0.274 e. The first-order chi connectivity index (χ1) is 12.1. The topological polar surface area (TPSA) is 80.3 Å². The summed E-state index contributed by atoms with van der Waals surface area (Å²) < 4.78 is 18.6. The molecule has 0 radical (unpaired) electrons. The fourth-order valence-corrected chi connectivity index (χ4v) is 2.57. The number of hydrogen-bond donors (Lipinski definition) is 2. The van der Waals surface area contributed by atoms with Gasteiger partial charge >= 0.3 is 0 Å². The van der Waals surface area contributed by atoms with E-state index in [1.54, 1.807) is 6.07 Å². The Morgan fingerprint density at radius 2 is 2.12 bits per heavy atom. The number of pyridine rings is 1. The van der Waals surface area contributed by atoms with Crippen LogP contribution in [0.1, 0.15) is 33.7 Å². The molecule has 130 valence electrons. The maximum atomic E-state index is 13.2. The molecule has 25 heavy (non-hydrogen) atoms. The molecule has 2 amide bonds. The van der Waals surface area contributed by atoms with E-state index in [0.717, 1.165) is 19.4 Å². The molecule has 0 saturated carbocycles. The van der Waals surface area contributed by atoms with E-state index in [0.29, 0.717) is 17.8 Å². The van der Waals surface area contributed by atoms with Crippen LogP contribution >= 0.6 is 0 Å². The minimum absolute atomic E-state index is 0.0431. The van der Waals surface area contributed by atoms with Crippen molar-refractivity contribution in [1.82, 2.24) is 10.3 Å². The van der Waals surface area contributed by atoms with Crippen molar-refractivity contribution in [3.05, 3.63) is 59.7 Å². The predicted molar refractivity (Wildman–Crippen MR) is 89.9 cm³/mol. The number of halogens is 1. The fourth-order valence-electron chi connectivity index (χ4n) is 2.57. The van der Waals surface area contributed by atoms with Crippen molar-refractivity contribution in [2.45, 2.75) is 18.9 Å². The number of ether oxygens (including phenoxy) is 1. The number of benzene rings is 1. The first-order valence-corrected chi connectivity index (χ1v) is 8.04. The van der Waals surface area contributed by atoms with Gasteiger partial charge in [0.2, 0.25) is 0 Å². The molecule has 7 heteroatoms. The number of carbonyl (C=O) groups excluding carboxylic acids is 2. The lowest BCUT2D eigenvalue weighted by atomic mass is 10.2. The molecule has 1 atom stereocenters. The molecule has 0 spiro atoms. The van der Waals surface area contributed by atoms with Gasteiger partial charge in [-0.3, -0.25) is 14.6 Å². The molecule has 2 heterocycles. The molecule has 1 aromatic carbocycles. The lowest BCUT2D eigenvalue weighted by Crippen LogP contribution is -2.32. The Labute approximate surface area is 144 Å². The van der Waals surface area contributed by atoms with Crippen LogP contribution in [0, 0.1) is 5.82 Å². The van der Waals surface area contributed by atoms with Crippen LogP contribution in [0.2, 0.25) is 0 Å². The second-order valence-electron chi connectivity index (χ2n) is 5.74. The second-order valence-corrected chi connectivity index (χ2v) is 5.74. The highest BCUT2D eigenvalue weighted by Gasteiger charge is 2.17. The monoisotopic (exact) mass is 343 g/mol. The molecular formula is C18H18FN3O3. The minimum atomic E-state index is -0.514. The van der Waals surface area contributed by atoms with E-state index in [1.807, 2.05) is 0 Å². The van der Waals surface area contributed by atoms with Crippen LogP contribution in [-0.2, 0) is 4.74 Å². The molecule has 1 saturated heterocycles. The van der Waals surface area contributed by atoms with Crippen LogP contribution < -0.4 is 10.6 Å². The van der Waals surface area contributed by atoms with Crippen molar-refractivity contribution in [1.29, 1.82) is 0 Å². The summed E-state index contributed by atoms with van der Waals surface area (Å²) >= 11 is 0. The molecule has 0 aliphatic carbocycles. The molecule has 1 fully saturated rings. The van der Waals surface area contributed by atoms with Crippen molar-refractivity contribution >= 4 is 17.5 Å². The van der Waals surface area contributed by atoms with Gasteiger partial charge in [-0.15, -0.1) is 0 Å². The van der Waals surface area contributed by atoms with E-state index in [2.05, 4.69) is 15.6 Å². The van der Waals surface area contributed by atoms with Crippen LogP contribution in [-0.4, -0.2) is 36.1 Å². The van der Waals surface area contributed by atoms with Crippen molar-refractivity contribution in [3.63, 3.8) is 0 Å². The maximum absolute atomic E-state index is 13.2. The van der Waals surface area contributed by atoms with Gasteiger partial charge in [0.25, 0.3) is 11.8 Å². The van der Waals surface area contributed by atoms with Gasteiger partial charge < -0.3 is 15.4 Å². The molecule has 2 N–H and O–H groups in total. The van der Waals surface area contributed by atoms with Gasteiger partial charge in [-0.1, -0.05) is 6.07 Å². The largest absolute Gasteiger partial charge is 0.376 e. The van der Waals surface area contributed by atoms with Crippen molar-refractivity contribution in [2.24, 2.45) is 0 Å². The highest BCUT2D eigenvalue weighted by atomic mass is 19.1. The third kappa shape index (κ3) is 4.60. The van der Waals surface area contributed by atoms with Crippen LogP contribution in [0.3, 0.4) is 0 Å². The standard InChI is InChI=1S/C18H18FN3O3/c19-13-3-1-4-14(10-13)22-18(24)16-9-12(6-7-20-16)17(23)21-11-15-5-2-8-25-15/h1,3-4,6-7,9-10,15H,2,5,8,11H2,(H,21,23)(H,22,24). The predicted octanol–water partition coefficient (Wildman–Crippen LogP) is 2.38. The first-order valence-electron chi connectivity index (χ1n) is 8.04. The zero-order chi connectivity index (χ0) is 17.6. The quantitative estimate of drug-likeness (QED) is 0.873. The van der Waals surface area contributed by atoms with Gasteiger partial charge in [0.1, 0.15) is 11.5 Å². The van der Waals surface area contributed by atoms with Gasteiger partial charge in [-0.05, 0) is 43.2 Å². The first kappa shape index (κ1) is 17.0. The van der Waals surface area contributed by atoms with Crippen molar-refractivity contribution in [2.75, 3.05) is 18.5 Å². The van der Waals surface area contributed by atoms with Crippen molar-refractivity contribution < 1.29 is 18.7 Å². The van der Waals surface area contributed by atoms with Gasteiger partial charge in [-0.2, -0.15) is 0 Å². The molecular weight excluding hydrogens is 325 g/mol. The molecule has 1 aromatic heterocycles. The van der Waals surface area contributed by atoms with E-state index in [4.69, 9.17) is 4.74 Å². The van der Waals surface area contributed by atoms with E-state index in [9.17, 15) is 14.0 Å². The SMILES string of the molecule is O=C(NCC1CCCO1)c1ccnc(C(=O)Nc2cccc(F)c2)c1. The number of nitrogens with one attached hydrogen (secondary N) is 2. The summed E-state index contributed by atoms with van der Waals surface area (Å²) in [7, 11) is 0. The Bertz CT molecular complexity index is 776. The van der Waals surface area contributed by atoms with Crippen LogP contribution in [0.25, 0.3) is 0 Å². The van der Waals surface area contributed by atoms with E-state index >= 15 is 0 Å². The summed E-state index contributed by atoms with van der Waals surface area (Å²) in [5.74, 6) is -1.26. The Balaban J connectivity index is 1.63. The lowest BCUT2D eigenvalue weighted by Gasteiger charge is -2.11. The number of nitrogens with zero attached hydrogens (tertiary/aromatic N) is 1. The Morgan fingerprint density at radius 3 is 2.88 bits per heavy atom. The van der Waals surface area contributed by atoms with Gasteiger partial charge in [0.15, 0.2) is 0 Å². The summed E-state index contributed by atoms with van der Waals surface area (Å²) in [5, 5.41) is 5.34.